The third kappa shape index (κ3) is 3.18. The van der Waals surface area contributed by atoms with Crippen molar-refractivity contribution in [1.29, 1.82) is 0 Å². The van der Waals surface area contributed by atoms with Crippen molar-refractivity contribution in [2.75, 3.05) is 0 Å². The predicted octanol–water partition coefficient (Wildman–Crippen LogP) is 4.14. The zero-order valence-electron chi connectivity index (χ0n) is 10.2. The Morgan fingerprint density at radius 3 is 2.72 bits per heavy atom. The van der Waals surface area contributed by atoms with E-state index in [4.69, 9.17) is 5.73 Å². The first kappa shape index (κ1) is 13.2. The second kappa shape index (κ2) is 5.63. The second-order valence-corrected chi connectivity index (χ2v) is 5.38. The Labute approximate surface area is 115 Å². The van der Waals surface area contributed by atoms with Crippen molar-refractivity contribution in [3.8, 4) is 0 Å². The topological polar surface area (TPSA) is 26.0 Å². The summed E-state index contributed by atoms with van der Waals surface area (Å²) < 4.78 is 14.5. The number of hydrogen-bond donors (Lipinski definition) is 1. The van der Waals surface area contributed by atoms with Crippen LogP contribution in [0.2, 0.25) is 0 Å². The summed E-state index contributed by atoms with van der Waals surface area (Å²) in [4.78, 5) is 0. The molecule has 0 fully saturated rings. The SMILES string of the molecule is Cc1cccc(CC(N)c2cc(Br)ccc2F)c1. The lowest BCUT2D eigenvalue weighted by Gasteiger charge is -2.14. The fourth-order valence-electron chi connectivity index (χ4n) is 2.00. The summed E-state index contributed by atoms with van der Waals surface area (Å²) in [6.45, 7) is 2.04. The number of benzene rings is 2. The molecule has 2 aromatic carbocycles. The van der Waals surface area contributed by atoms with Crippen LogP contribution in [0.25, 0.3) is 0 Å². The summed E-state index contributed by atoms with van der Waals surface area (Å²) in [6.07, 6.45) is 0.634. The Morgan fingerprint density at radius 2 is 2.00 bits per heavy atom. The van der Waals surface area contributed by atoms with E-state index in [9.17, 15) is 4.39 Å². The summed E-state index contributed by atoms with van der Waals surface area (Å²) in [6, 6.07) is 12.7. The van der Waals surface area contributed by atoms with Gasteiger partial charge >= 0.3 is 0 Å². The first-order valence-corrected chi connectivity index (χ1v) is 6.61. The zero-order valence-corrected chi connectivity index (χ0v) is 11.7. The molecule has 94 valence electrons. The van der Waals surface area contributed by atoms with Crippen molar-refractivity contribution >= 4 is 15.9 Å². The van der Waals surface area contributed by atoms with Gasteiger partial charge in [-0.2, -0.15) is 0 Å². The Hall–Kier alpha value is -1.19. The van der Waals surface area contributed by atoms with Gasteiger partial charge in [-0.15, -0.1) is 0 Å². The van der Waals surface area contributed by atoms with E-state index >= 15 is 0 Å². The van der Waals surface area contributed by atoms with Crippen LogP contribution in [-0.4, -0.2) is 0 Å². The van der Waals surface area contributed by atoms with Gasteiger partial charge in [0.1, 0.15) is 5.82 Å². The number of hydrogen-bond acceptors (Lipinski definition) is 1. The molecule has 1 atom stereocenters. The van der Waals surface area contributed by atoms with Gasteiger partial charge in [-0.3, -0.25) is 0 Å². The van der Waals surface area contributed by atoms with Crippen LogP contribution in [0.15, 0.2) is 46.9 Å². The number of aryl methyl sites for hydroxylation is 1. The van der Waals surface area contributed by atoms with E-state index in [1.807, 2.05) is 25.1 Å². The van der Waals surface area contributed by atoms with Gasteiger partial charge in [0.05, 0.1) is 0 Å². The van der Waals surface area contributed by atoms with E-state index in [1.54, 1.807) is 12.1 Å². The van der Waals surface area contributed by atoms with Crippen molar-refractivity contribution in [3.63, 3.8) is 0 Å². The van der Waals surface area contributed by atoms with E-state index in [0.717, 1.165) is 10.0 Å². The van der Waals surface area contributed by atoms with Gasteiger partial charge in [-0.1, -0.05) is 45.8 Å². The lowest BCUT2D eigenvalue weighted by molar-refractivity contribution is 0.580. The van der Waals surface area contributed by atoms with Gasteiger partial charge in [0.2, 0.25) is 0 Å². The molecule has 0 aromatic heterocycles. The van der Waals surface area contributed by atoms with Gasteiger partial charge in [0.15, 0.2) is 0 Å². The number of halogens is 2. The highest BCUT2D eigenvalue weighted by Gasteiger charge is 2.12. The zero-order chi connectivity index (χ0) is 13.1. The molecule has 0 aliphatic heterocycles. The fourth-order valence-corrected chi connectivity index (χ4v) is 2.38. The summed E-state index contributed by atoms with van der Waals surface area (Å²) >= 11 is 3.34. The van der Waals surface area contributed by atoms with E-state index < -0.39 is 0 Å². The van der Waals surface area contributed by atoms with Crippen molar-refractivity contribution < 1.29 is 4.39 Å². The van der Waals surface area contributed by atoms with E-state index in [2.05, 4.69) is 22.0 Å². The monoisotopic (exact) mass is 307 g/mol. The highest BCUT2D eigenvalue weighted by molar-refractivity contribution is 9.10. The second-order valence-electron chi connectivity index (χ2n) is 4.47. The third-order valence-corrected chi connectivity index (χ3v) is 3.39. The van der Waals surface area contributed by atoms with E-state index in [-0.39, 0.29) is 11.9 Å². The molecular formula is C15H15BrFN. The molecule has 2 rings (SSSR count). The first-order valence-electron chi connectivity index (χ1n) is 5.82. The normalized spacial score (nSPS) is 12.4. The Balaban J connectivity index is 2.21. The van der Waals surface area contributed by atoms with Gasteiger partial charge < -0.3 is 5.73 Å². The van der Waals surface area contributed by atoms with E-state index in [1.165, 1.54) is 11.6 Å². The molecule has 0 bridgehead atoms. The van der Waals surface area contributed by atoms with Crippen LogP contribution in [0.1, 0.15) is 22.7 Å². The highest BCUT2D eigenvalue weighted by atomic mass is 79.9. The first-order chi connectivity index (χ1) is 8.56. The largest absolute Gasteiger partial charge is 0.324 e. The van der Waals surface area contributed by atoms with Crippen LogP contribution in [0.3, 0.4) is 0 Å². The third-order valence-electron chi connectivity index (χ3n) is 2.90. The van der Waals surface area contributed by atoms with Crippen LogP contribution in [-0.2, 0) is 6.42 Å². The van der Waals surface area contributed by atoms with Gasteiger partial charge in [0.25, 0.3) is 0 Å². The summed E-state index contributed by atoms with van der Waals surface area (Å²) in [5, 5.41) is 0. The molecule has 0 saturated carbocycles. The molecular weight excluding hydrogens is 293 g/mol. The molecule has 3 heteroatoms. The van der Waals surface area contributed by atoms with Gasteiger partial charge in [-0.25, -0.2) is 4.39 Å². The summed E-state index contributed by atoms with van der Waals surface area (Å²) in [7, 11) is 0. The van der Waals surface area contributed by atoms with Crippen LogP contribution in [0, 0.1) is 12.7 Å². The maximum Gasteiger partial charge on any atom is 0.128 e. The smallest absolute Gasteiger partial charge is 0.128 e. The quantitative estimate of drug-likeness (QED) is 0.906. The minimum Gasteiger partial charge on any atom is -0.324 e. The highest BCUT2D eigenvalue weighted by Crippen LogP contribution is 2.23. The van der Waals surface area contributed by atoms with Crippen LogP contribution >= 0.6 is 15.9 Å². The van der Waals surface area contributed by atoms with Gasteiger partial charge in [0, 0.05) is 16.1 Å². The molecule has 0 aliphatic rings. The maximum absolute atomic E-state index is 13.7. The van der Waals surface area contributed by atoms with Crippen molar-refractivity contribution in [3.05, 3.63) is 69.4 Å². The molecule has 2 N–H and O–H groups in total. The molecule has 0 saturated heterocycles. The number of rotatable bonds is 3. The lowest BCUT2D eigenvalue weighted by Crippen LogP contribution is -2.15. The lowest BCUT2D eigenvalue weighted by atomic mass is 9.98. The predicted molar refractivity (Wildman–Crippen MR) is 75.9 cm³/mol. The molecule has 18 heavy (non-hydrogen) atoms. The summed E-state index contributed by atoms with van der Waals surface area (Å²) in [5.74, 6) is -0.252. The average Bonchev–Trinajstić information content (AvgIpc) is 2.32. The van der Waals surface area contributed by atoms with Crippen molar-refractivity contribution in [2.45, 2.75) is 19.4 Å². The van der Waals surface area contributed by atoms with Crippen LogP contribution in [0.4, 0.5) is 4.39 Å². The molecule has 0 heterocycles. The summed E-state index contributed by atoms with van der Waals surface area (Å²) in [5.41, 5.74) is 8.95. The molecule has 1 nitrogen and oxygen atoms in total. The minimum absolute atomic E-state index is 0.252. The molecule has 0 amide bonds. The fraction of sp³-hybridized carbons (Fsp3) is 0.200. The minimum atomic E-state index is -0.329. The van der Waals surface area contributed by atoms with Crippen molar-refractivity contribution in [2.24, 2.45) is 5.73 Å². The molecule has 0 aliphatic carbocycles. The maximum atomic E-state index is 13.7. The average molecular weight is 308 g/mol. The molecule has 2 aromatic rings. The Bertz CT molecular complexity index is 554. The van der Waals surface area contributed by atoms with Crippen LogP contribution in [0.5, 0.6) is 0 Å². The van der Waals surface area contributed by atoms with Gasteiger partial charge in [-0.05, 0) is 37.1 Å². The molecule has 0 radical (unpaired) electrons. The number of nitrogens with two attached hydrogens (primary N) is 1. The van der Waals surface area contributed by atoms with Crippen molar-refractivity contribution in [1.82, 2.24) is 0 Å². The Morgan fingerprint density at radius 1 is 1.22 bits per heavy atom. The van der Waals surface area contributed by atoms with Crippen LogP contribution < -0.4 is 5.73 Å². The van der Waals surface area contributed by atoms with E-state index in [0.29, 0.717) is 12.0 Å². The molecule has 0 spiro atoms. The standard InChI is InChI=1S/C15H15BrFN/c1-10-3-2-4-11(7-10)8-15(18)13-9-12(16)5-6-14(13)17/h2-7,9,15H,8,18H2,1H3. The Kier molecular flexibility index (Phi) is 4.15. The molecule has 1 unspecified atom stereocenters.